The van der Waals surface area contributed by atoms with Crippen molar-refractivity contribution >= 4 is 12.1 Å². The van der Waals surface area contributed by atoms with Gasteiger partial charge in [-0.05, 0) is 32.0 Å². The van der Waals surface area contributed by atoms with Crippen LogP contribution in [0.1, 0.15) is 31.2 Å². The summed E-state index contributed by atoms with van der Waals surface area (Å²) in [5.74, 6) is -0.502. The molecule has 1 amide bonds. The van der Waals surface area contributed by atoms with Crippen LogP contribution in [0.3, 0.4) is 0 Å². The van der Waals surface area contributed by atoms with Gasteiger partial charge in [-0.15, -0.1) is 0 Å². The third-order valence-corrected chi connectivity index (χ3v) is 3.36. The summed E-state index contributed by atoms with van der Waals surface area (Å²) < 4.78 is 13.3. The van der Waals surface area contributed by atoms with Crippen molar-refractivity contribution in [2.75, 3.05) is 19.6 Å². The Labute approximate surface area is 118 Å². The minimum atomic E-state index is -0.349. The molecule has 4 nitrogen and oxygen atoms in total. The van der Waals surface area contributed by atoms with E-state index < -0.39 is 0 Å². The molecule has 1 aromatic carbocycles. The van der Waals surface area contributed by atoms with Crippen LogP contribution >= 0.6 is 0 Å². The summed E-state index contributed by atoms with van der Waals surface area (Å²) in [7, 11) is 0. The standard InChI is InChI=1S/C15H20FN3O/c16-14-8-4-3-7-13(14)11-17-18-15(20)12-19-9-5-1-2-6-10-19/h3-4,7-8,11H,1-2,5-6,9-10,12H2,(H,18,20). The van der Waals surface area contributed by atoms with E-state index in [4.69, 9.17) is 0 Å². The van der Waals surface area contributed by atoms with Gasteiger partial charge in [0, 0.05) is 5.56 Å². The predicted molar refractivity (Wildman–Crippen MR) is 77.0 cm³/mol. The van der Waals surface area contributed by atoms with Crippen molar-refractivity contribution in [3.05, 3.63) is 35.6 Å². The average Bonchev–Trinajstić information content (AvgIpc) is 2.69. The lowest BCUT2D eigenvalue weighted by atomic mass is 10.2. The first-order chi connectivity index (χ1) is 9.75. The van der Waals surface area contributed by atoms with Crippen LogP contribution < -0.4 is 5.43 Å². The van der Waals surface area contributed by atoms with E-state index in [1.54, 1.807) is 18.2 Å². The number of hydrogen-bond acceptors (Lipinski definition) is 3. The molecule has 1 fully saturated rings. The predicted octanol–water partition coefficient (Wildman–Crippen LogP) is 2.15. The zero-order valence-electron chi connectivity index (χ0n) is 11.5. The van der Waals surface area contributed by atoms with E-state index in [0.717, 1.165) is 25.9 Å². The summed E-state index contributed by atoms with van der Waals surface area (Å²) >= 11 is 0. The Bertz CT molecular complexity index is 468. The number of rotatable bonds is 4. The second kappa shape index (κ2) is 7.75. The molecule has 0 bridgehead atoms. The number of nitrogens with zero attached hydrogens (tertiary/aromatic N) is 2. The quantitative estimate of drug-likeness (QED) is 0.677. The third kappa shape index (κ3) is 4.74. The maximum Gasteiger partial charge on any atom is 0.254 e. The Hall–Kier alpha value is -1.75. The van der Waals surface area contributed by atoms with E-state index in [-0.39, 0.29) is 11.7 Å². The van der Waals surface area contributed by atoms with Gasteiger partial charge in [0.05, 0.1) is 12.8 Å². The zero-order chi connectivity index (χ0) is 14.2. The lowest BCUT2D eigenvalue weighted by Gasteiger charge is -2.17. The van der Waals surface area contributed by atoms with Crippen LogP contribution in [0.2, 0.25) is 0 Å². The van der Waals surface area contributed by atoms with Gasteiger partial charge in [-0.3, -0.25) is 9.69 Å². The molecule has 0 radical (unpaired) electrons. The number of nitrogens with one attached hydrogen (secondary N) is 1. The maximum absolute atomic E-state index is 13.3. The molecule has 5 heteroatoms. The number of carbonyl (C=O) groups excluding carboxylic acids is 1. The van der Waals surface area contributed by atoms with Crippen molar-refractivity contribution in [2.24, 2.45) is 5.10 Å². The number of hydrazone groups is 1. The highest BCUT2D eigenvalue weighted by Crippen LogP contribution is 2.08. The Balaban J connectivity index is 1.78. The summed E-state index contributed by atoms with van der Waals surface area (Å²) in [5, 5.41) is 3.80. The fourth-order valence-corrected chi connectivity index (χ4v) is 2.29. The second-order valence-electron chi connectivity index (χ2n) is 5.01. The fourth-order valence-electron chi connectivity index (χ4n) is 2.29. The van der Waals surface area contributed by atoms with Crippen molar-refractivity contribution in [2.45, 2.75) is 25.7 Å². The van der Waals surface area contributed by atoms with E-state index >= 15 is 0 Å². The van der Waals surface area contributed by atoms with Crippen LogP contribution in [0.4, 0.5) is 4.39 Å². The number of hydrogen-bond donors (Lipinski definition) is 1. The number of likely N-dealkylation sites (tertiary alicyclic amines) is 1. The normalized spacial score (nSPS) is 17.1. The molecule has 108 valence electrons. The van der Waals surface area contributed by atoms with Gasteiger partial charge >= 0.3 is 0 Å². The minimum absolute atomic E-state index is 0.153. The Morgan fingerprint density at radius 2 is 1.95 bits per heavy atom. The summed E-state index contributed by atoms with van der Waals surface area (Å²) in [5.41, 5.74) is 2.81. The van der Waals surface area contributed by atoms with Gasteiger partial charge in [0.1, 0.15) is 5.82 Å². The van der Waals surface area contributed by atoms with Crippen LogP contribution in [-0.2, 0) is 4.79 Å². The molecular weight excluding hydrogens is 257 g/mol. The van der Waals surface area contributed by atoms with Crippen LogP contribution in [0.5, 0.6) is 0 Å². The third-order valence-electron chi connectivity index (χ3n) is 3.36. The molecule has 0 aliphatic carbocycles. The van der Waals surface area contributed by atoms with E-state index in [2.05, 4.69) is 15.4 Å². The molecular formula is C15H20FN3O. The van der Waals surface area contributed by atoms with E-state index in [0.29, 0.717) is 12.1 Å². The highest BCUT2D eigenvalue weighted by Gasteiger charge is 2.12. The van der Waals surface area contributed by atoms with Crippen LogP contribution in [0, 0.1) is 5.82 Å². The Kier molecular flexibility index (Phi) is 5.68. The first-order valence-electron chi connectivity index (χ1n) is 7.04. The molecule has 0 spiro atoms. The molecule has 0 unspecified atom stereocenters. The lowest BCUT2D eigenvalue weighted by Crippen LogP contribution is -2.35. The van der Waals surface area contributed by atoms with E-state index in [1.807, 2.05) is 0 Å². The van der Waals surface area contributed by atoms with Crippen LogP contribution in [0.25, 0.3) is 0 Å². The number of carbonyl (C=O) groups is 1. The van der Waals surface area contributed by atoms with Crippen molar-refractivity contribution in [1.29, 1.82) is 0 Å². The summed E-state index contributed by atoms with van der Waals surface area (Å²) in [4.78, 5) is 13.9. The monoisotopic (exact) mass is 277 g/mol. The highest BCUT2D eigenvalue weighted by molar-refractivity contribution is 5.83. The number of halogens is 1. The SMILES string of the molecule is O=C(CN1CCCCCC1)NN=Cc1ccccc1F. The van der Waals surface area contributed by atoms with Crippen molar-refractivity contribution in [3.8, 4) is 0 Å². The molecule has 0 aromatic heterocycles. The molecule has 0 atom stereocenters. The molecule has 1 aliphatic heterocycles. The number of benzene rings is 1. The smallest absolute Gasteiger partial charge is 0.254 e. The maximum atomic E-state index is 13.3. The molecule has 1 heterocycles. The van der Waals surface area contributed by atoms with Gasteiger partial charge in [0.15, 0.2) is 0 Å². The van der Waals surface area contributed by atoms with Crippen molar-refractivity contribution < 1.29 is 9.18 Å². The second-order valence-corrected chi connectivity index (χ2v) is 5.01. The van der Waals surface area contributed by atoms with E-state index in [9.17, 15) is 9.18 Å². The first kappa shape index (κ1) is 14.7. The summed E-state index contributed by atoms with van der Waals surface area (Å²) in [6.07, 6.45) is 6.10. The first-order valence-corrected chi connectivity index (χ1v) is 7.04. The fraction of sp³-hybridized carbons (Fsp3) is 0.467. The van der Waals surface area contributed by atoms with Crippen molar-refractivity contribution in [3.63, 3.8) is 0 Å². The van der Waals surface area contributed by atoms with Crippen molar-refractivity contribution in [1.82, 2.24) is 10.3 Å². The topological polar surface area (TPSA) is 44.7 Å². The highest BCUT2D eigenvalue weighted by atomic mass is 19.1. The molecule has 1 N–H and O–H groups in total. The van der Waals surface area contributed by atoms with E-state index in [1.165, 1.54) is 25.1 Å². The molecule has 1 saturated heterocycles. The van der Waals surface area contributed by atoms with Gasteiger partial charge in [0.25, 0.3) is 5.91 Å². The molecule has 20 heavy (non-hydrogen) atoms. The Morgan fingerprint density at radius 1 is 1.25 bits per heavy atom. The lowest BCUT2D eigenvalue weighted by molar-refractivity contribution is -0.122. The van der Waals surface area contributed by atoms with Gasteiger partial charge in [-0.1, -0.05) is 31.0 Å². The van der Waals surface area contributed by atoms with Gasteiger partial charge in [0.2, 0.25) is 0 Å². The number of amides is 1. The van der Waals surface area contributed by atoms with Gasteiger partial charge in [-0.25, -0.2) is 9.82 Å². The summed E-state index contributed by atoms with van der Waals surface area (Å²) in [6.45, 7) is 2.28. The molecule has 1 aliphatic rings. The van der Waals surface area contributed by atoms with Gasteiger partial charge < -0.3 is 0 Å². The molecule has 0 saturated carbocycles. The largest absolute Gasteiger partial charge is 0.294 e. The minimum Gasteiger partial charge on any atom is -0.294 e. The van der Waals surface area contributed by atoms with Crippen LogP contribution in [0.15, 0.2) is 29.4 Å². The zero-order valence-corrected chi connectivity index (χ0v) is 11.5. The molecule has 1 aromatic rings. The van der Waals surface area contributed by atoms with Gasteiger partial charge in [-0.2, -0.15) is 5.10 Å². The van der Waals surface area contributed by atoms with Crippen LogP contribution in [-0.4, -0.2) is 36.7 Å². The Morgan fingerprint density at radius 3 is 2.65 bits per heavy atom. The average molecular weight is 277 g/mol. The summed E-state index contributed by atoms with van der Waals surface area (Å²) in [6, 6.07) is 6.31. The molecule has 2 rings (SSSR count).